The van der Waals surface area contributed by atoms with Crippen molar-refractivity contribution in [2.45, 2.75) is 45.1 Å². The minimum absolute atomic E-state index is 0.499. The van der Waals surface area contributed by atoms with E-state index in [-0.39, 0.29) is 0 Å². The van der Waals surface area contributed by atoms with Gasteiger partial charge in [0.05, 0.1) is 11.9 Å². The summed E-state index contributed by atoms with van der Waals surface area (Å²) in [5.74, 6) is 0.755. The molecule has 4 nitrogen and oxygen atoms in total. The third-order valence-electron chi connectivity index (χ3n) is 5.18. The Morgan fingerprint density at radius 1 is 1.23 bits per heavy atom. The first-order chi connectivity index (χ1) is 10.8. The summed E-state index contributed by atoms with van der Waals surface area (Å²) < 4.78 is 0. The Kier molecular flexibility index (Phi) is 4.94. The zero-order valence-corrected chi connectivity index (χ0v) is 13.5. The van der Waals surface area contributed by atoms with E-state index in [0.29, 0.717) is 5.69 Å². The lowest BCUT2D eigenvalue weighted by Crippen LogP contribution is -2.45. The highest BCUT2D eigenvalue weighted by molar-refractivity contribution is 5.46. The van der Waals surface area contributed by atoms with Crippen LogP contribution in [0.15, 0.2) is 18.3 Å². The van der Waals surface area contributed by atoms with E-state index in [1.807, 2.05) is 18.3 Å². The van der Waals surface area contributed by atoms with Crippen molar-refractivity contribution in [3.8, 4) is 6.07 Å². The average molecular weight is 298 g/mol. The Balaban J connectivity index is 1.60. The van der Waals surface area contributed by atoms with Crippen LogP contribution in [0.3, 0.4) is 0 Å². The molecule has 118 valence electrons. The number of rotatable bonds is 3. The third kappa shape index (κ3) is 3.59. The van der Waals surface area contributed by atoms with Crippen LogP contribution in [-0.2, 0) is 0 Å². The van der Waals surface area contributed by atoms with Crippen LogP contribution in [0.1, 0.15) is 44.7 Å². The van der Waals surface area contributed by atoms with Gasteiger partial charge < -0.3 is 9.80 Å². The summed E-state index contributed by atoms with van der Waals surface area (Å²) in [6, 6.07) is 6.70. The second kappa shape index (κ2) is 7.11. The fourth-order valence-corrected chi connectivity index (χ4v) is 3.85. The molecule has 3 heterocycles. The molecule has 2 atom stereocenters. The van der Waals surface area contributed by atoms with E-state index in [1.165, 1.54) is 45.2 Å². The molecule has 0 radical (unpaired) electrons. The number of likely N-dealkylation sites (tertiary alicyclic amines) is 1. The van der Waals surface area contributed by atoms with E-state index in [9.17, 15) is 0 Å². The molecule has 2 aliphatic rings. The van der Waals surface area contributed by atoms with Crippen LogP contribution in [-0.4, -0.2) is 42.1 Å². The molecule has 0 unspecified atom stereocenters. The van der Waals surface area contributed by atoms with Crippen molar-refractivity contribution in [2.75, 3.05) is 31.1 Å². The summed E-state index contributed by atoms with van der Waals surface area (Å²) in [7, 11) is 0. The van der Waals surface area contributed by atoms with Crippen LogP contribution in [0, 0.1) is 17.2 Å². The predicted molar refractivity (Wildman–Crippen MR) is 88.8 cm³/mol. The normalized spacial score (nSPS) is 26.6. The van der Waals surface area contributed by atoms with Gasteiger partial charge >= 0.3 is 0 Å². The maximum Gasteiger partial charge on any atom is 0.140 e. The Morgan fingerprint density at radius 3 is 2.86 bits per heavy atom. The van der Waals surface area contributed by atoms with E-state index in [2.05, 4.69) is 27.8 Å². The highest BCUT2D eigenvalue weighted by atomic mass is 15.2. The Hall–Kier alpha value is -1.60. The van der Waals surface area contributed by atoms with Crippen LogP contribution >= 0.6 is 0 Å². The maximum atomic E-state index is 8.86. The molecule has 1 aromatic heterocycles. The fourth-order valence-electron chi connectivity index (χ4n) is 3.85. The molecule has 0 bridgehead atoms. The third-order valence-corrected chi connectivity index (χ3v) is 5.18. The minimum Gasteiger partial charge on any atom is -0.370 e. The van der Waals surface area contributed by atoms with Gasteiger partial charge in [0.2, 0.25) is 0 Å². The van der Waals surface area contributed by atoms with Crippen LogP contribution < -0.4 is 4.90 Å². The number of hydrogen-bond acceptors (Lipinski definition) is 4. The standard InChI is InChI=1S/C18H26N4/c1-15-5-2-3-9-21(15)13-16-6-4-10-22(14-16)18-8-7-17(11-19)20-12-18/h7-8,12,15-16H,2-6,9-10,13-14H2,1H3/t15-,16+/m1/s1. The molecule has 0 amide bonds. The Morgan fingerprint density at radius 2 is 2.14 bits per heavy atom. The summed E-state index contributed by atoms with van der Waals surface area (Å²) in [5.41, 5.74) is 1.66. The first-order valence-electron chi connectivity index (χ1n) is 8.61. The largest absolute Gasteiger partial charge is 0.370 e. The first-order valence-corrected chi connectivity index (χ1v) is 8.61. The lowest BCUT2D eigenvalue weighted by atomic mass is 9.94. The maximum absolute atomic E-state index is 8.86. The molecule has 0 N–H and O–H groups in total. The van der Waals surface area contributed by atoms with Crippen molar-refractivity contribution < 1.29 is 0 Å². The van der Waals surface area contributed by atoms with Gasteiger partial charge in [-0.25, -0.2) is 4.98 Å². The van der Waals surface area contributed by atoms with Gasteiger partial charge in [0.15, 0.2) is 0 Å². The summed E-state index contributed by atoms with van der Waals surface area (Å²) in [6.07, 6.45) is 8.56. The van der Waals surface area contributed by atoms with Gasteiger partial charge in [-0.2, -0.15) is 5.26 Å². The van der Waals surface area contributed by atoms with Crippen molar-refractivity contribution in [1.29, 1.82) is 5.26 Å². The van der Waals surface area contributed by atoms with Crippen molar-refractivity contribution in [3.05, 3.63) is 24.0 Å². The van der Waals surface area contributed by atoms with E-state index < -0.39 is 0 Å². The molecule has 2 saturated heterocycles. The molecule has 3 rings (SSSR count). The van der Waals surface area contributed by atoms with E-state index in [0.717, 1.165) is 30.7 Å². The molecule has 2 aliphatic heterocycles. The van der Waals surface area contributed by atoms with Crippen molar-refractivity contribution in [2.24, 2.45) is 5.92 Å². The zero-order valence-electron chi connectivity index (χ0n) is 13.5. The van der Waals surface area contributed by atoms with E-state index >= 15 is 0 Å². The lowest BCUT2D eigenvalue weighted by molar-refractivity contribution is 0.130. The van der Waals surface area contributed by atoms with Crippen molar-refractivity contribution in [1.82, 2.24) is 9.88 Å². The summed E-state index contributed by atoms with van der Waals surface area (Å²) >= 11 is 0. The Labute approximate surface area is 133 Å². The SMILES string of the molecule is C[C@@H]1CCCCN1C[C@@H]1CCCN(c2ccc(C#N)nc2)C1. The summed E-state index contributed by atoms with van der Waals surface area (Å²) in [4.78, 5) is 9.34. The highest BCUT2D eigenvalue weighted by Gasteiger charge is 2.25. The molecule has 2 fully saturated rings. The molecule has 4 heteroatoms. The van der Waals surface area contributed by atoms with Crippen LogP contribution in [0.25, 0.3) is 0 Å². The molecule has 0 aliphatic carbocycles. The summed E-state index contributed by atoms with van der Waals surface area (Å²) in [5, 5.41) is 8.86. The lowest BCUT2D eigenvalue weighted by Gasteiger charge is -2.40. The van der Waals surface area contributed by atoms with Crippen LogP contribution in [0.5, 0.6) is 0 Å². The van der Waals surface area contributed by atoms with Crippen LogP contribution in [0.2, 0.25) is 0 Å². The molecule has 0 saturated carbocycles. The number of piperidine rings is 2. The number of pyridine rings is 1. The van der Waals surface area contributed by atoms with Gasteiger partial charge in [0.25, 0.3) is 0 Å². The zero-order chi connectivity index (χ0) is 15.4. The number of nitriles is 1. The topological polar surface area (TPSA) is 43.2 Å². The minimum atomic E-state index is 0.499. The second-order valence-corrected chi connectivity index (χ2v) is 6.81. The monoisotopic (exact) mass is 298 g/mol. The van der Waals surface area contributed by atoms with E-state index in [4.69, 9.17) is 5.26 Å². The number of nitrogens with zero attached hydrogens (tertiary/aromatic N) is 4. The van der Waals surface area contributed by atoms with Gasteiger partial charge in [0.1, 0.15) is 11.8 Å². The average Bonchev–Trinajstić information content (AvgIpc) is 2.57. The van der Waals surface area contributed by atoms with Gasteiger partial charge in [0, 0.05) is 25.7 Å². The molecule has 0 aromatic carbocycles. The van der Waals surface area contributed by atoms with Gasteiger partial charge in [-0.3, -0.25) is 0 Å². The fraction of sp³-hybridized carbons (Fsp3) is 0.667. The smallest absolute Gasteiger partial charge is 0.140 e. The Bertz CT molecular complexity index is 519. The summed E-state index contributed by atoms with van der Waals surface area (Å²) in [6.45, 7) is 7.12. The second-order valence-electron chi connectivity index (χ2n) is 6.81. The highest BCUT2D eigenvalue weighted by Crippen LogP contribution is 2.25. The molecule has 1 aromatic rings. The molecular weight excluding hydrogens is 272 g/mol. The number of aromatic nitrogens is 1. The van der Waals surface area contributed by atoms with Gasteiger partial charge in [-0.15, -0.1) is 0 Å². The quantitative estimate of drug-likeness (QED) is 0.860. The van der Waals surface area contributed by atoms with Gasteiger partial charge in [-0.05, 0) is 57.2 Å². The number of hydrogen-bond donors (Lipinski definition) is 0. The van der Waals surface area contributed by atoms with Gasteiger partial charge in [-0.1, -0.05) is 6.42 Å². The van der Waals surface area contributed by atoms with E-state index in [1.54, 1.807) is 0 Å². The molecular formula is C18H26N4. The molecule has 22 heavy (non-hydrogen) atoms. The predicted octanol–water partition coefficient (Wildman–Crippen LogP) is 3.04. The first kappa shape index (κ1) is 15.3. The van der Waals surface area contributed by atoms with Crippen molar-refractivity contribution in [3.63, 3.8) is 0 Å². The van der Waals surface area contributed by atoms with Crippen molar-refractivity contribution >= 4 is 5.69 Å². The van der Waals surface area contributed by atoms with Crippen LogP contribution in [0.4, 0.5) is 5.69 Å². The molecule has 0 spiro atoms. The number of anilines is 1.